The fraction of sp³-hybridized carbons (Fsp3) is 0.941. The quantitative estimate of drug-likeness (QED) is 0.709. The van der Waals surface area contributed by atoms with E-state index >= 15 is 0 Å². The molecule has 4 heteroatoms. The van der Waals surface area contributed by atoms with Gasteiger partial charge in [-0.15, -0.1) is 0 Å². The summed E-state index contributed by atoms with van der Waals surface area (Å²) in [5.41, 5.74) is 0. The maximum atomic E-state index is 12.2. The van der Waals surface area contributed by atoms with E-state index in [0.29, 0.717) is 18.4 Å². The van der Waals surface area contributed by atoms with Crippen molar-refractivity contribution in [2.45, 2.75) is 58.9 Å². The maximum Gasteiger partial charge on any atom is 0.224 e. The van der Waals surface area contributed by atoms with Gasteiger partial charge in [-0.25, -0.2) is 0 Å². The molecule has 124 valence electrons. The van der Waals surface area contributed by atoms with Crippen LogP contribution in [0.15, 0.2) is 0 Å². The third kappa shape index (κ3) is 7.28. The summed E-state index contributed by atoms with van der Waals surface area (Å²) in [6.07, 6.45) is 5.52. The number of hydrogen-bond acceptors (Lipinski definition) is 3. The van der Waals surface area contributed by atoms with Crippen molar-refractivity contribution in [2.24, 2.45) is 5.92 Å². The summed E-state index contributed by atoms with van der Waals surface area (Å²) in [5, 5.41) is 3.32. The lowest BCUT2D eigenvalue weighted by Crippen LogP contribution is -2.43. The fourth-order valence-electron chi connectivity index (χ4n) is 3.14. The number of carbonyl (C=O) groups excluding carboxylic acids is 1. The van der Waals surface area contributed by atoms with E-state index in [1.165, 1.54) is 25.9 Å². The zero-order chi connectivity index (χ0) is 15.7. The molecule has 0 aromatic carbocycles. The second kappa shape index (κ2) is 10.2. The Bertz CT molecular complexity index is 288. The van der Waals surface area contributed by atoms with Gasteiger partial charge in [-0.05, 0) is 52.2 Å². The van der Waals surface area contributed by atoms with E-state index < -0.39 is 0 Å². The summed E-state index contributed by atoms with van der Waals surface area (Å²) in [5.74, 6) is 1.09. The molecular weight excluding hydrogens is 262 g/mol. The minimum absolute atomic E-state index is 0.292. The van der Waals surface area contributed by atoms with Crippen molar-refractivity contribution >= 4 is 5.91 Å². The van der Waals surface area contributed by atoms with E-state index in [9.17, 15) is 4.79 Å². The average Bonchev–Trinajstić information content (AvgIpc) is 2.46. The smallest absolute Gasteiger partial charge is 0.224 e. The van der Waals surface area contributed by atoms with Crippen LogP contribution in [-0.2, 0) is 4.79 Å². The molecule has 1 atom stereocenters. The van der Waals surface area contributed by atoms with E-state index in [0.717, 1.165) is 38.4 Å². The van der Waals surface area contributed by atoms with Crippen LogP contribution in [0.5, 0.6) is 0 Å². The predicted octanol–water partition coefficient (Wildman–Crippen LogP) is 2.34. The highest BCUT2D eigenvalue weighted by atomic mass is 16.2. The predicted molar refractivity (Wildman–Crippen MR) is 89.5 cm³/mol. The van der Waals surface area contributed by atoms with Gasteiger partial charge in [-0.1, -0.05) is 20.3 Å². The molecule has 1 unspecified atom stereocenters. The normalized spacial score (nSPS) is 18.2. The zero-order valence-corrected chi connectivity index (χ0v) is 14.5. The second-order valence-corrected chi connectivity index (χ2v) is 6.60. The Morgan fingerprint density at radius 3 is 2.57 bits per heavy atom. The van der Waals surface area contributed by atoms with Gasteiger partial charge in [0.05, 0.1) is 0 Å². The molecule has 21 heavy (non-hydrogen) atoms. The summed E-state index contributed by atoms with van der Waals surface area (Å²) in [6, 6.07) is 0.292. The number of rotatable bonds is 9. The number of unbranched alkanes of at least 4 members (excludes halogenated alkanes) is 1. The van der Waals surface area contributed by atoms with Crippen LogP contribution >= 0.6 is 0 Å². The fourth-order valence-corrected chi connectivity index (χ4v) is 3.14. The monoisotopic (exact) mass is 297 g/mol. The summed E-state index contributed by atoms with van der Waals surface area (Å²) in [6.45, 7) is 11.6. The van der Waals surface area contributed by atoms with E-state index in [-0.39, 0.29) is 0 Å². The third-order valence-electron chi connectivity index (χ3n) is 4.46. The Labute approximate surface area is 131 Å². The van der Waals surface area contributed by atoms with Crippen molar-refractivity contribution in [3.8, 4) is 0 Å². The number of carbonyl (C=O) groups is 1. The minimum atomic E-state index is 0.292. The van der Waals surface area contributed by atoms with E-state index in [4.69, 9.17) is 0 Å². The molecule has 0 aromatic heterocycles. The summed E-state index contributed by atoms with van der Waals surface area (Å²) >= 11 is 0. The van der Waals surface area contributed by atoms with Crippen LogP contribution < -0.4 is 5.32 Å². The van der Waals surface area contributed by atoms with Crippen molar-refractivity contribution in [3.63, 3.8) is 0 Å². The Balaban J connectivity index is 2.23. The van der Waals surface area contributed by atoms with Crippen LogP contribution in [-0.4, -0.2) is 61.5 Å². The Hall–Kier alpha value is -0.610. The van der Waals surface area contributed by atoms with Crippen molar-refractivity contribution in [1.82, 2.24) is 15.1 Å². The molecule has 1 fully saturated rings. The molecule has 1 N–H and O–H groups in total. The van der Waals surface area contributed by atoms with Gasteiger partial charge in [0.2, 0.25) is 5.91 Å². The van der Waals surface area contributed by atoms with E-state index in [1.807, 2.05) is 0 Å². The van der Waals surface area contributed by atoms with Gasteiger partial charge in [0.15, 0.2) is 0 Å². The van der Waals surface area contributed by atoms with Gasteiger partial charge in [0.1, 0.15) is 0 Å². The lowest BCUT2D eigenvalue weighted by Gasteiger charge is -2.34. The van der Waals surface area contributed by atoms with Gasteiger partial charge in [0, 0.05) is 32.1 Å². The number of likely N-dealkylation sites (tertiary alicyclic amines) is 1. The van der Waals surface area contributed by atoms with Crippen molar-refractivity contribution in [1.29, 1.82) is 0 Å². The first-order chi connectivity index (χ1) is 10.1. The molecule has 0 bridgehead atoms. The Kier molecular flexibility index (Phi) is 8.93. The summed E-state index contributed by atoms with van der Waals surface area (Å²) in [7, 11) is 2.23. The molecule has 0 aromatic rings. The van der Waals surface area contributed by atoms with Crippen LogP contribution in [0.4, 0.5) is 0 Å². The standard InChI is InChI=1S/C17H35N3O/c1-5-7-10-19(4)14-16-8-11-20(12-9-16)17(21)13-15(3)18-6-2/h15-16,18H,5-14H2,1-4H3. The first kappa shape index (κ1) is 18.4. The molecule has 1 heterocycles. The molecule has 1 aliphatic rings. The van der Waals surface area contributed by atoms with Gasteiger partial charge in [-0.3, -0.25) is 4.79 Å². The highest BCUT2D eigenvalue weighted by molar-refractivity contribution is 5.76. The molecule has 0 aliphatic carbocycles. The zero-order valence-electron chi connectivity index (χ0n) is 14.5. The number of amides is 1. The molecule has 1 aliphatic heterocycles. The SMILES string of the molecule is CCCCN(C)CC1CCN(C(=O)CC(C)NCC)CC1. The topological polar surface area (TPSA) is 35.6 Å². The molecule has 1 saturated heterocycles. The van der Waals surface area contributed by atoms with E-state index in [2.05, 4.69) is 42.9 Å². The molecule has 4 nitrogen and oxygen atoms in total. The number of nitrogens with one attached hydrogen (secondary N) is 1. The largest absolute Gasteiger partial charge is 0.343 e. The van der Waals surface area contributed by atoms with Crippen LogP contribution in [0.3, 0.4) is 0 Å². The average molecular weight is 297 g/mol. The molecule has 0 saturated carbocycles. The van der Waals surface area contributed by atoms with Crippen molar-refractivity contribution in [3.05, 3.63) is 0 Å². The first-order valence-corrected chi connectivity index (χ1v) is 8.76. The van der Waals surface area contributed by atoms with Crippen molar-refractivity contribution < 1.29 is 4.79 Å². The van der Waals surface area contributed by atoms with Crippen LogP contribution in [0, 0.1) is 5.92 Å². The Morgan fingerprint density at radius 2 is 2.00 bits per heavy atom. The number of nitrogens with zero attached hydrogens (tertiary/aromatic N) is 2. The lowest BCUT2D eigenvalue weighted by molar-refractivity contribution is -0.133. The van der Waals surface area contributed by atoms with Gasteiger partial charge in [-0.2, -0.15) is 0 Å². The van der Waals surface area contributed by atoms with Crippen LogP contribution in [0.25, 0.3) is 0 Å². The van der Waals surface area contributed by atoms with Gasteiger partial charge in [0.25, 0.3) is 0 Å². The van der Waals surface area contributed by atoms with Crippen molar-refractivity contribution in [2.75, 3.05) is 39.8 Å². The molecular formula is C17H35N3O. The third-order valence-corrected chi connectivity index (χ3v) is 4.46. The maximum absolute atomic E-state index is 12.2. The van der Waals surface area contributed by atoms with Crippen LogP contribution in [0.1, 0.15) is 52.9 Å². The number of piperidine rings is 1. The molecule has 0 radical (unpaired) electrons. The van der Waals surface area contributed by atoms with E-state index in [1.54, 1.807) is 0 Å². The highest BCUT2D eigenvalue weighted by Crippen LogP contribution is 2.19. The molecule has 1 rings (SSSR count). The first-order valence-electron chi connectivity index (χ1n) is 8.76. The highest BCUT2D eigenvalue weighted by Gasteiger charge is 2.24. The molecule has 1 amide bonds. The minimum Gasteiger partial charge on any atom is -0.343 e. The van der Waals surface area contributed by atoms with Gasteiger partial charge >= 0.3 is 0 Å². The number of hydrogen-bond donors (Lipinski definition) is 1. The summed E-state index contributed by atoms with van der Waals surface area (Å²) < 4.78 is 0. The second-order valence-electron chi connectivity index (χ2n) is 6.60. The molecule has 0 spiro atoms. The van der Waals surface area contributed by atoms with Gasteiger partial charge < -0.3 is 15.1 Å². The van der Waals surface area contributed by atoms with Crippen LogP contribution in [0.2, 0.25) is 0 Å². The Morgan fingerprint density at radius 1 is 1.33 bits per heavy atom. The summed E-state index contributed by atoms with van der Waals surface area (Å²) in [4.78, 5) is 16.8. The lowest BCUT2D eigenvalue weighted by atomic mass is 9.95.